The van der Waals surface area contributed by atoms with Crippen LogP contribution in [0.2, 0.25) is 0 Å². The molecule has 0 amide bonds. The van der Waals surface area contributed by atoms with Gasteiger partial charge in [0.2, 0.25) is 5.95 Å². The second kappa shape index (κ2) is 6.43. The molecule has 2 aromatic heterocycles. The molecule has 1 aromatic carbocycles. The van der Waals surface area contributed by atoms with Gasteiger partial charge in [0.1, 0.15) is 5.52 Å². The molecule has 0 unspecified atom stereocenters. The summed E-state index contributed by atoms with van der Waals surface area (Å²) in [5, 5.41) is 3.23. The van der Waals surface area contributed by atoms with E-state index in [0.717, 1.165) is 18.6 Å². The summed E-state index contributed by atoms with van der Waals surface area (Å²) in [4.78, 5) is 18.1. The molecule has 6 nitrogen and oxygen atoms in total. The zero-order valence-corrected chi connectivity index (χ0v) is 12.9. The zero-order chi connectivity index (χ0) is 15.4. The van der Waals surface area contributed by atoms with Crippen LogP contribution in [0.4, 0.5) is 11.6 Å². The Balaban J connectivity index is 1.65. The van der Waals surface area contributed by atoms with Gasteiger partial charge in [0, 0.05) is 25.3 Å². The van der Waals surface area contributed by atoms with Crippen molar-refractivity contribution in [2.45, 2.75) is 20.4 Å². The summed E-state index contributed by atoms with van der Waals surface area (Å²) in [5.74, 6) is 0.590. The quantitative estimate of drug-likeness (QED) is 0.732. The minimum atomic E-state index is 0.590. The summed E-state index contributed by atoms with van der Waals surface area (Å²) in [6.45, 7) is 7.06. The van der Waals surface area contributed by atoms with Crippen molar-refractivity contribution in [2.75, 3.05) is 23.3 Å². The molecule has 3 aromatic rings. The largest absolute Gasteiger partial charge is 0.372 e. The lowest BCUT2D eigenvalue weighted by Crippen LogP contribution is -2.21. The van der Waals surface area contributed by atoms with Crippen LogP contribution in [0.25, 0.3) is 11.2 Å². The van der Waals surface area contributed by atoms with E-state index in [1.54, 1.807) is 12.5 Å². The van der Waals surface area contributed by atoms with Crippen molar-refractivity contribution in [2.24, 2.45) is 0 Å². The fourth-order valence-electron chi connectivity index (χ4n) is 2.42. The summed E-state index contributed by atoms with van der Waals surface area (Å²) >= 11 is 0. The predicted octanol–water partition coefficient (Wildman–Crippen LogP) is 2.81. The first kappa shape index (κ1) is 14.3. The predicted molar refractivity (Wildman–Crippen MR) is 89.0 cm³/mol. The molecule has 0 fully saturated rings. The Labute approximate surface area is 129 Å². The number of H-pyrrole nitrogens is 1. The zero-order valence-electron chi connectivity index (χ0n) is 12.9. The van der Waals surface area contributed by atoms with Crippen molar-refractivity contribution in [3.63, 3.8) is 0 Å². The fraction of sp³-hybridized carbons (Fsp3) is 0.312. The van der Waals surface area contributed by atoms with Gasteiger partial charge in [0.05, 0.1) is 12.5 Å². The molecule has 0 atom stereocenters. The van der Waals surface area contributed by atoms with Crippen molar-refractivity contribution < 1.29 is 0 Å². The number of aromatic amines is 1. The van der Waals surface area contributed by atoms with Crippen LogP contribution >= 0.6 is 0 Å². The van der Waals surface area contributed by atoms with E-state index in [2.05, 4.69) is 68.3 Å². The first-order valence-electron chi connectivity index (χ1n) is 7.54. The van der Waals surface area contributed by atoms with Crippen LogP contribution in [0.3, 0.4) is 0 Å². The van der Waals surface area contributed by atoms with Gasteiger partial charge in [0.25, 0.3) is 0 Å². The Hall–Kier alpha value is -2.63. The second-order valence-corrected chi connectivity index (χ2v) is 5.03. The van der Waals surface area contributed by atoms with Gasteiger partial charge < -0.3 is 15.2 Å². The molecule has 0 bridgehead atoms. The maximum atomic E-state index is 4.35. The number of aromatic nitrogens is 4. The Bertz CT molecular complexity index is 730. The van der Waals surface area contributed by atoms with Gasteiger partial charge in [-0.05, 0) is 31.5 Å². The van der Waals surface area contributed by atoms with Gasteiger partial charge in [-0.2, -0.15) is 4.98 Å². The lowest BCUT2D eigenvalue weighted by atomic mass is 10.2. The Morgan fingerprint density at radius 2 is 1.86 bits per heavy atom. The van der Waals surface area contributed by atoms with Gasteiger partial charge in [-0.3, -0.25) is 0 Å². The third kappa shape index (κ3) is 3.00. The molecular formula is C16H20N6. The highest BCUT2D eigenvalue weighted by atomic mass is 15.1. The number of hydrogen-bond donors (Lipinski definition) is 2. The third-order valence-corrected chi connectivity index (χ3v) is 3.69. The van der Waals surface area contributed by atoms with E-state index in [1.165, 1.54) is 11.3 Å². The molecule has 0 aliphatic carbocycles. The van der Waals surface area contributed by atoms with Gasteiger partial charge in [-0.15, -0.1) is 0 Å². The van der Waals surface area contributed by atoms with Gasteiger partial charge in [-0.1, -0.05) is 12.1 Å². The highest BCUT2D eigenvalue weighted by molar-refractivity contribution is 5.69. The molecule has 22 heavy (non-hydrogen) atoms. The average Bonchev–Trinajstić information content (AvgIpc) is 3.03. The van der Waals surface area contributed by atoms with Gasteiger partial charge in [-0.25, -0.2) is 9.97 Å². The van der Waals surface area contributed by atoms with Crippen LogP contribution in [0, 0.1) is 0 Å². The summed E-state index contributed by atoms with van der Waals surface area (Å²) in [5.41, 5.74) is 3.97. The van der Waals surface area contributed by atoms with Crippen molar-refractivity contribution in [1.29, 1.82) is 0 Å². The minimum absolute atomic E-state index is 0.590. The van der Waals surface area contributed by atoms with E-state index in [0.29, 0.717) is 18.1 Å². The molecule has 0 aliphatic rings. The van der Waals surface area contributed by atoms with E-state index < -0.39 is 0 Å². The molecule has 114 valence electrons. The summed E-state index contributed by atoms with van der Waals surface area (Å²) in [6, 6.07) is 8.57. The van der Waals surface area contributed by atoms with Crippen LogP contribution in [-0.2, 0) is 6.54 Å². The van der Waals surface area contributed by atoms with Crippen LogP contribution in [0.15, 0.2) is 36.8 Å². The maximum Gasteiger partial charge on any atom is 0.225 e. The molecule has 0 aliphatic heterocycles. The number of anilines is 2. The number of imidazole rings is 1. The molecule has 2 heterocycles. The summed E-state index contributed by atoms with van der Waals surface area (Å²) in [7, 11) is 0. The SMILES string of the molecule is CCN(CC)c1ccc(CNc2ncc3[nH]cnc3n2)cc1. The van der Waals surface area contributed by atoms with Gasteiger partial charge >= 0.3 is 0 Å². The lowest BCUT2D eigenvalue weighted by molar-refractivity contribution is 0.865. The molecule has 0 radical (unpaired) electrons. The molecule has 0 spiro atoms. The minimum Gasteiger partial charge on any atom is -0.372 e. The van der Waals surface area contributed by atoms with Crippen LogP contribution in [0.1, 0.15) is 19.4 Å². The van der Waals surface area contributed by atoms with Crippen LogP contribution in [-0.4, -0.2) is 33.0 Å². The van der Waals surface area contributed by atoms with Crippen molar-refractivity contribution in [1.82, 2.24) is 19.9 Å². The van der Waals surface area contributed by atoms with E-state index in [-0.39, 0.29) is 0 Å². The Kier molecular flexibility index (Phi) is 4.18. The van der Waals surface area contributed by atoms with E-state index >= 15 is 0 Å². The molecule has 0 saturated heterocycles. The topological polar surface area (TPSA) is 69.7 Å². The number of rotatable bonds is 6. The molecule has 3 rings (SSSR count). The normalized spacial score (nSPS) is 10.8. The highest BCUT2D eigenvalue weighted by Crippen LogP contribution is 2.15. The Morgan fingerprint density at radius 1 is 1.09 bits per heavy atom. The average molecular weight is 296 g/mol. The maximum absolute atomic E-state index is 4.35. The monoisotopic (exact) mass is 296 g/mol. The highest BCUT2D eigenvalue weighted by Gasteiger charge is 2.03. The van der Waals surface area contributed by atoms with Crippen molar-refractivity contribution in [3.8, 4) is 0 Å². The summed E-state index contributed by atoms with van der Waals surface area (Å²) < 4.78 is 0. The molecule has 6 heteroatoms. The van der Waals surface area contributed by atoms with E-state index in [1.807, 2.05) is 0 Å². The second-order valence-electron chi connectivity index (χ2n) is 5.03. The van der Waals surface area contributed by atoms with Crippen molar-refractivity contribution in [3.05, 3.63) is 42.4 Å². The lowest BCUT2D eigenvalue weighted by Gasteiger charge is -2.21. The number of nitrogens with zero attached hydrogens (tertiary/aromatic N) is 4. The first-order chi connectivity index (χ1) is 10.8. The molecular weight excluding hydrogens is 276 g/mol. The number of benzene rings is 1. The molecule has 0 saturated carbocycles. The summed E-state index contributed by atoms with van der Waals surface area (Å²) in [6.07, 6.45) is 3.36. The van der Waals surface area contributed by atoms with E-state index in [4.69, 9.17) is 0 Å². The molecule has 2 N–H and O–H groups in total. The van der Waals surface area contributed by atoms with E-state index in [9.17, 15) is 0 Å². The van der Waals surface area contributed by atoms with Gasteiger partial charge in [0.15, 0.2) is 5.65 Å². The number of fused-ring (bicyclic) bond motifs is 1. The van der Waals surface area contributed by atoms with Crippen LogP contribution in [0.5, 0.6) is 0 Å². The Morgan fingerprint density at radius 3 is 2.59 bits per heavy atom. The first-order valence-corrected chi connectivity index (χ1v) is 7.54. The standard InChI is InChI=1S/C16H20N6/c1-3-22(4-2)13-7-5-12(6-8-13)9-17-16-18-10-14-15(21-16)20-11-19-14/h5-8,10-11H,3-4,9H2,1-2H3,(H2,17,18,19,20,21). The number of hydrogen-bond acceptors (Lipinski definition) is 5. The smallest absolute Gasteiger partial charge is 0.225 e. The third-order valence-electron chi connectivity index (χ3n) is 3.69. The van der Waals surface area contributed by atoms with Crippen LogP contribution < -0.4 is 10.2 Å². The fourth-order valence-corrected chi connectivity index (χ4v) is 2.42. The van der Waals surface area contributed by atoms with Crippen molar-refractivity contribution >= 4 is 22.8 Å². The number of nitrogens with one attached hydrogen (secondary N) is 2.